The van der Waals surface area contributed by atoms with Crippen LogP contribution in [0.1, 0.15) is 19.8 Å². The van der Waals surface area contributed by atoms with E-state index in [9.17, 15) is 5.11 Å². The maximum Gasteiger partial charge on any atom is 0.276 e. The zero-order chi connectivity index (χ0) is 6.41. The van der Waals surface area contributed by atoms with E-state index in [2.05, 4.69) is 19.1 Å². The van der Waals surface area contributed by atoms with E-state index in [0.29, 0.717) is 0 Å². The Hall–Kier alpha value is 0.240. The average molecular weight is 149 g/mol. The summed E-state index contributed by atoms with van der Waals surface area (Å²) in [5.41, 5.74) is 0. The molecule has 0 aliphatic rings. The van der Waals surface area contributed by atoms with E-state index in [0.717, 1.165) is 18.6 Å². The highest BCUT2D eigenvalue weighted by atomic mass is 32.2. The molecule has 3 heteroatoms. The highest BCUT2D eigenvalue weighted by Crippen LogP contribution is 2.04. The molecule has 0 atom stereocenters. The van der Waals surface area contributed by atoms with Crippen molar-refractivity contribution in [3.05, 3.63) is 0 Å². The van der Waals surface area contributed by atoms with Crippen LogP contribution in [0.25, 0.3) is 0 Å². The number of rotatable bonds is 3. The number of unbranched alkanes of at least 4 members (excludes halogenated alkanes) is 1. The molecule has 0 fully saturated rings. The third kappa shape index (κ3) is 6.24. The summed E-state index contributed by atoms with van der Waals surface area (Å²) in [6.45, 7) is 2.09. The van der Waals surface area contributed by atoms with Crippen LogP contribution in [0.5, 0.6) is 0 Å². The van der Waals surface area contributed by atoms with Gasteiger partial charge >= 0.3 is 0 Å². The van der Waals surface area contributed by atoms with E-state index in [1.807, 2.05) is 0 Å². The smallest absolute Gasteiger partial charge is 0.269 e. The molecule has 8 heavy (non-hydrogen) atoms. The molecule has 0 N–H and O–H groups in total. The summed E-state index contributed by atoms with van der Waals surface area (Å²) in [5, 5.41) is 10.1. The molecule has 0 aromatic heterocycles. The minimum absolute atomic E-state index is 0.182. The van der Waals surface area contributed by atoms with Crippen molar-refractivity contribution >= 4 is 28.4 Å². The number of hydrogen-bond acceptors (Lipinski definition) is 2. The Kier molecular flexibility index (Phi) is 5.54. The van der Waals surface area contributed by atoms with Gasteiger partial charge in [0.2, 0.25) is 0 Å². The van der Waals surface area contributed by atoms with Crippen molar-refractivity contribution in [3.63, 3.8) is 0 Å². The van der Waals surface area contributed by atoms with Crippen LogP contribution < -0.4 is 0 Å². The summed E-state index contributed by atoms with van der Waals surface area (Å²) < 4.78 is -0.182. The van der Waals surface area contributed by atoms with Crippen LogP contribution in [0.15, 0.2) is 0 Å². The number of hydrogen-bond donors (Lipinski definition) is 0. The van der Waals surface area contributed by atoms with Gasteiger partial charge in [0.05, 0.1) is 0 Å². The van der Waals surface area contributed by atoms with E-state index in [1.165, 1.54) is 11.8 Å². The zero-order valence-electron chi connectivity index (χ0n) is 4.85. The summed E-state index contributed by atoms with van der Waals surface area (Å²) in [7, 11) is 0. The molecule has 0 aromatic rings. The molecule has 1 nitrogen and oxygen atoms in total. The minimum Gasteiger partial charge on any atom is -0.269 e. The van der Waals surface area contributed by atoms with E-state index in [4.69, 9.17) is 0 Å². The highest BCUT2D eigenvalue weighted by Gasteiger charge is 1.91. The van der Waals surface area contributed by atoms with Crippen LogP contribution in [-0.4, -0.2) is 10.1 Å². The Morgan fingerprint density at radius 2 is 2.38 bits per heavy atom. The molecular formula is C5H9OS2. The van der Waals surface area contributed by atoms with Crippen molar-refractivity contribution in [2.24, 2.45) is 0 Å². The van der Waals surface area contributed by atoms with Crippen LogP contribution in [0, 0.1) is 0 Å². The fourth-order valence-electron chi connectivity index (χ4n) is 0.300. The molecule has 0 spiro atoms. The third-order valence-electron chi connectivity index (χ3n) is 0.718. The largest absolute Gasteiger partial charge is 0.276 e. The molecule has 1 radical (unpaired) electrons. The molecule has 0 bridgehead atoms. The van der Waals surface area contributed by atoms with Crippen LogP contribution in [0.2, 0.25) is 0 Å². The molecule has 0 aliphatic heterocycles. The van der Waals surface area contributed by atoms with E-state index >= 15 is 0 Å². The fraction of sp³-hybridized carbons (Fsp3) is 0.800. The quantitative estimate of drug-likeness (QED) is 0.453. The molecule has 0 heterocycles. The maximum absolute atomic E-state index is 10.1. The predicted molar refractivity (Wildman–Crippen MR) is 40.7 cm³/mol. The van der Waals surface area contributed by atoms with Gasteiger partial charge in [-0.2, -0.15) is 0 Å². The lowest BCUT2D eigenvalue weighted by Crippen LogP contribution is -1.83. The minimum atomic E-state index is -0.182. The molecule has 0 saturated heterocycles. The SMILES string of the molecule is CCCCSC([O])=S. The second kappa shape index (κ2) is 5.38. The normalized spacial score (nSPS) is 9.12. The molecule has 0 aliphatic carbocycles. The molecular weight excluding hydrogens is 140 g/mol. The van der Waals surface area contributed by atoms with Gasteiger partial charge in [0, 0.05) is 5.75 Å². The fourth-order valence-corrected chi connectivity index (χ4v) is 1.15. The summed E-state index contributed by atoms with van der Waals surface area (Å²) >= 11 is 5.55. The van der Waals surface area contributed by atoms with E-state index in [-0.39, 0.29) is 4.38 Å². The lowest BCUT2D eigenvalue weighted by molar-refractivity contribution is 0.456. The lowest BCUT2D eigenvalue weighted by Gasteiger charge is -1.89. The van der Waals surface area contributed by atoms with Gasteiger partial charge in [0.25, 0.3) is 4.38 Å². The summed E-state index contributed by atoms with van der Waals surface area (Å²) in [6, 6.07) is 0. The van der Waals surface area contributed by atoms with Gasteiger partial charge in [-0.3, -0.25) is 5.11 Å². The number of thioether (sulfide) groups is 1. The topological polar surface area (TPSA) is 19.9 Å². The van der Waals surface area contributed by atoms with Crippen molar-refractivity contribution in [3.8, 4) is 0 Å². The molecule has 0 unspecified atom stereocenters. The standard InChI is InChI=1S/C5H9OS2/c1-2-3-4-8-5(6)7/h2-4H2,1H3. The molecule has 0 rings (SSSR count). The summed E-state index contributed by atoms with van der Waals surface area (Å²) in [4.78, 5) is 0. The first-order valence-corrected chi connectivity index (χ1v) is 4.00. The van der Waals surface area contributed by atoms with Gasteiger partial charge in [0.15, 0.2) is 0 Å². The Bertz CT molecular complexity index is 72.8. The van der Waals surface area contributed by atoms with E-state index in [1.54, 1.807) is 0 Å². The average Bonchev–Trinajstić information content (AvgIpc) is 1.66. The van der Waals surface area contributed by atoms with Gasteiger partial charge in [-0.15, -0.1) is 0 Å². The molecule has 47 valence electrons. The molecule has 0 saturated carbocycles. The van der Waals surface area contributed by atoms with Gasteiger partial charge in [0.1, 0.15) is 0 Å². The summed E-state index contributed by atoms with van der Waals surface area (Å²) in [5.74, 6) is 0.888. The summed E-state index contributed by atoms with van der Waals surface area (Å²) in [6.07, 6.45) is 2.22. The van der Waals surface area contributed by atoms with Crippen LogP contribution in [0.3, 0.4) is 0 Å². The highest BCUT2D eigenvalue weighted by molar-refractivity contribution is 8.22. The zero-order valence-corrected chi connectivity index (χ0v) is 6.48. The first kappa shape index (κ1) is 8.24. The molecule has 0 aromatic carbocycles. The van der Waals surface area contributed by atoms with Gasteiger partial charge < -0.3 is 0 Å². The second-order valence-electron chi connectivity index (χ2n) is 1.45. The van der Waals surface area contributed by atoms with Crippen molar-refractivity contribution in [2.75, 3.05) is 5.75 Å². The lowest BCUT2D eigenvalue weighted by atomic mass is 10.4. The van der Waals surface area contributed by atoms with Gasteiger partial charge in [-0.1, -0.05) is 25.1 Å². The van der Waals surface area contributed by atoms with E-state index < -0.39 is 0 Å². The van der Waals surface area contributed by atoms with Crippen molar-refractivity contribution in [2.45, 2.75) is 19.8 Å². The first-order chi connectivity index (χ1) is 3.77. The van der Waals surface area contributed by atoms with Crippen molar-refractivity contribution in [1.29, 1.82) is 0 Å². The Balaban J connectivity index is 2.82. The monoisotopic (exact) mass is 149 g/mol. The van der Waals surface area contributed by atoms with Gasteiger partial charge in [-0.25, -0.2) is 0 Å². The Labute approximate surface area is 59.5 Å². The van der Waals surface area contributed by atoms with Gasteiger partial charge in [-0.05, 0) is 18.6 Å². The predicted octanol–water partition coefficient (Wildman–Crippen LogP) is 2.24. The van der Waals surface area contributed by atoms with Crippen molar-refractivity contribution < 1.29 is 5.11 Å². The Morgan fingerprint density at radius 3 is 2.75 bits per heavy atom. The van der Waals surface area contributed by atoms with Crippen molar-refractivity contribution in [1.82, 2.24) is 0 Å². The second-order valence-corrected chi connectivity index (χ2v) is 3.15. The maximum atomic E-state index is 10.1. The van der Waals surface area contributed by atoms with Crippen LogP contribution in [-0.2, 0) is 5.11 Å². The van der Waals surface area contributed by atoms with Crippen LogP contribution in [0.4, 0.5) is 0 Å². The number of thiocarbonyl (C=S) groups is 1. The molecule has 0 amide bonds. The Morgan fingerprint density at radius 1 is 1.75 bits per heavy atom. The van der Waals surface area contributed by atoms with Crippen LogP contribution >= 0.6 is 24.0 Å². The third-order valence-corrected chi connectivity index (χ3v) is 1.80. The first-order valence-electron chi connectivity index (χ1n) is 2.61.